The molecule has 2 heterocycles. The van der Waals surface area contributed by atoms with Crippen LogP contribution in [0, 0.1) is 12.8 Å². The summed E-state index contributed by atoms with van der Waals surface area (Å²) in [7, 11) is 2.00. The summed E-state index contributed by atoms with van der Waals surface area (Å²) in [6.45, 7) is 11.2. The van der Waals surface area contributed by atoms with Gasteiger partial charge in [-0.3, -0.25) is 4.79 Å². The zero-order valence-corrected chi connectivity index (χ0v) is 18.0. The summed E-state index contributed by atoms with van der Waals surface area (Å²) < 4.78 is 1.85. The molecule has 1 aliphatic heterocycles. The SMILES string of the molecule is CNCCC1CCN(C(=O)c2cn(-c3ccc(C)cc3)nc2C(C)(C)C)CC1. The minimum absolute atomic E-state index is 0.121. The van der Waals surface area contributed by atoms with Gasteiger partial charge in [-0.2, -0.15) is 5.10 Å². The molecule has 1 saturated heterocycles. The van der Waals surface area contributed by atoms with Gasteiger partial charge in [-0.05, 0) is 57.8 Å². The van der Waals surface area contributed by atoms with Crippen molar-refractivity contribution in [1.29, 1.82) is 0 Å². The monoisotopic (exact) mass is 382 g/mol. The van der Waals surface area contributed by atoms with Crippen LogP contribution in [-0.2, 0) is 5.41 Å². The van der Waals surface area contributed by atoms with Crippen molar-refractivity contribution in [3.05, 3.63) is 47.3 Å². The van der Waals surface area contributed by atoms with E-state index in [1.165, 1.54) is 12.0 Å². The second-order valence-corrected chi connectivity index (χ2v) is 9.05. The Morgan fingerprint density at radius 1 is 1.18 bits per heavy atom. The second kappa shape index (κ2) is 8.48. The van der Waals surface area contributed by atoms with Crippen molar-refractivity contribution in [2.75, 3.05) is 26.7 Å². The van der Waals surface area contributed by atoms with E-state index in [0.29, 0.717) is 5.92 Å². The molecule has 0 aliphatic carbocycles. The molecule has 0 saturated carbocycles. The number of hydrogen-bond donors (Lipinski definition) is 1. The third kappa shape index (κ3) is 4.64. The quantitative estimate of drug-likeness (QED) is 0.852. The fraction of sp³-hybridized carbons (Fsp3) is 0.565. The number of benzene rings is 1. The van der Waals surface area contributed by atoms with E-state index in [1.807, 2.05) is 22.8 Å². The molecular formula is C23H34N4O. The number of nitrogens with zero attached hydrogens (tertiary/aromatic N) is 3. The van der Waals surface area contributed by atoms with Gasteiger partial charge in [0.05, 0.1) is 16.9 Å². The van der Waals surface area contributed by atoms with Gasteiger partial charge in [0.1, 0.15) is 0 Å². The molecule has 2 aromatic rings. The lowest BCUT2D eigenvalue weighted by Gasteiger charge is -2.32. The maximum atomic E-state index is 13.3. The average Bonchev–Trinajstić information content (AvgIpc) is 3.13. The lowest BCUT2D eigenvalue weighted by molar-refractivity contribution is 0.0684. The smallest absolute Gasteiger partial charge is 0.257 e. The van der Waals surface area contributed by atoms with Crippen LogP contribution in [0.5, 0.6) is 0 Å². The molecule has 1 N–H and O–H groups in total. The minimum Gasteiger partial charge on any atom is -0.339 e. The number of likely N-dealkylation sites (tertiary alicyclic amines) is 1. The van der Waals surface area contributed by atoms with E-state index in [0.717, 1.165) is 49.4 Å². The number of nitrogens with one attached hydrogen (secondary N) is 1. The van der Waals surface area contributed by atoms with Gasteiger partial charge >= 0.3 is 0 Å². The molecule has 0 radical (unpaired) electrons. The Hall–Kier alpha value is -2.14. The molecule has 1 aromatic heterocycles. The van der Waals surface area contributed by atoms with Crippen LogP contribution in [0.15, 0.2) is 30.5 Å². The molecule has 0 atom stereocenters. The van der Waals surface area contributed by atoms with E-state index < -0.39 is 0 Å². The molecule has 1 amide bonds. The van der Waals surface area contributed by atoms with Gasteiger partial charge in [0.2, 0.25) is 0 Å². The summed E-state index contributed by atoms with van der Waals surface area (Å²) in [6, 6.07) is 8.25. The van der Waals surface area contributed by atoms with Gasteiger partial charge in [0, 0.05) is 24.7 Å². The molecule has 0 bridgehead atoms. The van der Waals surface area contributed by atoms with Gasteiger partial charge in [-0.15, -0.1) is 0 Å². The van der Waals surface area contributed by atoms with Crippen molar-refractivity contribution in [2.45, 2.75) is 52.4 Å². The maximum absolute atomic E-state index is 13.3. The van der Waals surface area contributed by atoms with Crippen LogP contribution in [0.25, 0.3) is 5.69 Å². The van der Waals surface area contributed by atoms with E-state index >= 15 is 0 Å². The summed E-state index contributed by atoms with van der Waals surface area (Å²) in [5.41, 5.74) is 3.62. The lowest BCUT2D eigenvalue weighted by atomic mass is 9.88. The van der Waals surface area contributed by atoms with Gasteiger partial charge in [0.15, 0.2) is 0 Å². The molecule has 0 spiro atoms. The van der Waals surface area contributed by atoms with Crippen LogP contribution in [0.4, 0.5) is 0 Å². The first-order valence-corrected chi connectivity index (χ1v) is 10.4. The maximum Gasteiger partial charge on any atom is 0.257 e. The Morgan fingerprint density at radius 3 is 2.39 bits per heavy atom. The first kappa shape index (κ1) is 20.6. The van der Waals surface area contributed by atoms with Gasteiger partial charge < -0.3 is 10.2 Å². The predicted molar refractivity (Wildman–Crippen MR) is 114 cm³/mol. The van der Waals surface area contributed by atoms with Crippen molar-refractivity contribution in [3.8, 4) is 5.69 Å². The normalized spacial score (nSPS) is 15.8. The molecule has 3 rings (SSSR count). The first-order valence-electron chi connectivity index (χ1n) is 10.4. The van der Waals surface area contributed by atoms with Crippen LogP contribution in [-0.4, -0.2) is 47.3 Å². The van der Waals surface area contributed by atoms with Crippen LogP contribution in [0.2, 0.25) is 0 Å². The topological polar surface area (TPSA) is 50.2 Å². The van der Waals surface area contributed by atoms with E-state index in [-0.39, 0.29) is 11.3 Å². The minimum atomic E-state index is -0.188. The number of carbonyl (C=O) groups is 1. The lowest BCUT2D eigenvalue weighted by Crippen LogP contribution is -2.39. The molecule has 5 heteroatoms. The van der Waals surface area contributed by atoms with Crippen LogP contribution < -0.4 is 5.32 Å². The van der Waals surface area contributed by atoms with Crippen molar-refractivity contribution in [1.82, 2.24) is 20.0 Å². The number of hydrogen-bond acceptors (Lipinski definition) is 3. The highest BCUT2D eigenvalue weighted by Gasteiger charge is 2.31. The third-order valence-corrected chi connectivity index (χ3v) is 5.66. The summed E-state index contributed by atoms with van der Waals surface area (Å²) in [5, 5.41) is 8.04. The highest BCUT2D eigenvalue weighted by molar-refractivity contribution is 5.95. The largest absolute Gasteiger partial charge is 0.339 e. The van der Waals surface area contributed by atoms with Crippen molar-refractivity contribution in [2.24, 2.45) is 5.92 Å². The number of aryl methyl sites for hydroxylation is 1. The number of amides is 1. The molecule has 1 fully saturated rings. The number of rotatable bonds is 5. The number of carbonyl (C=O) groups excluding carboxylic acids is 1. The molecule has 5 nitrogen and oxygen atoms in total. The van der Waals surface area contributed by atoms with Crippen molar-refractivity contribution >= 4 is 5.91 Å². The molecular weight excluding hydrogens is 348 g/mol. The Morgan fingerprint density at radius 2 is 1.82 bits per heavy atom. The highest BCUT2D eigenvalue weighted by Crippen LogP contribution is 2.28. The zero-order chi connectivity index (χ0) is 20.3. The van der Waals surface area contributed by atoms with Crippen molar-refractivity contribution in [3.63, 3.8) is 0 Å². The number of piperidine rings is 1. The summed E-state index contributed by atoms with van der Waals surface area (Å²) >= 11 is 0. The van der Waals surface area contributed by atoms with Crippen LogP contribution in [0.1, 0.15) is 61.6 Å². The summed E-state index contributed by atoms with van der Waals surface area (Å²) in [6.07, 6.45) is 5.28. The predicted octanol–water partition coefficient (Wildman–Crippen LogP) is 3.94. The van der Waals surface area contributed by atoms with Crippen LogP contribution >= 0.6 is 0 Å². The van der Waals surface area contributed by atoms with E-state index in [1.54, 1.807) is 0 Å². The van der Waals surface area contributed by atoms with Gasteiger partial charge in [-0.25, -0.2) is 4.68 Å². The summed E-state index contributed by atoms with van der Waals surface area (Å²) in [4.78, 5) is 15.4. The number of aromatic nitrogens is 2. The van der Waals surface area contributed by atoms with Gasteiger partial charge in [0.25, 0.3) is 5.91 Å². The average molecular weight is 383 g/mol. The molecule has 1 aliphatic rings. The molecule has 28 heavy (non-hydrogen) atoms. The summed E-state index contributed by atoms with van der Waals surface area (Å²) in [5.74, 6) is 0.837. The van der Waals surface area contributed by atoms with E-state index in [2.05, 4.69) is 57.3 Å². The molecule has 0 unspecified atom stereocenters. The second-order valence-electron chi connectivity index (χ2n) is 9.05. The van der Waals surface area contributed by atoms with E-state index in [9.17, 15) is 4.79 Å². The Balaban J connectivity index is 1.82. The van der Waals surface area contributed by atoms with Crippen molar-refractivity contribution < 1.29 is 4.79 Å². The van der Waals surface area contributed by atoms with Gasteiger partial charge in [-0.1, -0.05) is 38.5 Å². The van der Waals surface area contributed by atoms with E-state index in [4.69, 9.17) is 5.10 Å². The third-order valence-electron chi connectivity index (χ3n) is 5.66. The Labute approximate surface area is 169 Å². The molecule has 1 aromatic carbocycles. The highest BCUT2D eigenvalue weighted by atomic mass is 16.2. The molecule has 152 valence electrons. The fourth-order valence-corrected chi connectivity index (χ4v) is 3.86. The van der Waals surface area contributed by atoms with Crippen LogP contribution in [0.3, 0.4) is 0 Å². The zero-order valence-electron chi connectivity index (χ0n) is 18.0. The fourth-order valence-electron chi connectivity index (χ4n) is 3.86. The standard InChI is InChI=1S/C23H34N4O/c1-17-6-8-19(9-7-17)27-16-20(21(25-27)23(2,3)4)22(28)26-14-11-18(12-15-26)10-13-24-5/h6-9,16,18,24H,10-15H2,1-5H3. The first-order chi connectivity index (χ1) is 13.3. The Kier molecular flexibility index (Phi) is 6.23. The Bertz CT molecular complexity index is 793.